The number of carbonyl (C=O) groups is 1. The van der Waals surface area contributed by atoms with Crippen LogP contribution in [0.1, 0.15) is 32.0 Å². The van der Waals surface area contributed by atoms with Gasteiger partial charge in [-0.15, -0.1) is 5.92 Å². The Morgan fingerprint density at radius 3 is 2.79 bits per heavy atom. The van der Waals surface area contributed by atoms with Gasteiger partial charge in [0.15, 0.2) is 5.82 Å². The van der Waals surface area contributed by atoms with Gasteiger partial charge in [0.25, 0.3) is 0 Å². The molecule has 0 atom stereocenters. The molecule has 9 heteroatoms. The van der Waals surface area contributed by atoms with Crippen molar-refractivity contribution in [2.75, 3.05) is 11.9 Å². The summed E-state index contributed by atoms with van der Waals surface area (Å²) in [5.74, 6) is 7.00. The van der Waals surface area contributed by atoms with Crippen LogP contribution in [0.15, 0.2) is 48.9 Å². The van der Waals surface area contributed by atoms with Gasteiger partial charge >= 0.3 is 6.09 Å². The van der Waals surface area contributed by atoms with E-state index in [9.17, 15) is 4.79 Å². The standard InChI is InChI=1S/C24H27BN6O2/c1-24(2,3)33-23(32)27-12-9-17-6-4-7-20(14-17)30-22-29-16-28-21(31-22)18-10-13-26-19(15-18)8-5-11-25/h4,6-7,10,13-16H,9,11-12,25H2,1-3H3,(H,27,32)(H,28,29,30,31). The Morgan fingerprint density at radius 2 is 2.00 bits per heavy atom. The van der Waals surface area contributed by atoms with E-state index in [0.717, 1.165) is 23.1 Å². The minimum absolute atomic E-state index is 0.422. The van der Waals surface area contributed by atoms with E-state index in [1.165, 1.54) is 6.33 Å². The van der Waals surface area contributed by atoms with Crippen LogP contribution in [0.3, 0.4) is 0 Å². The van der Waals surface area contributed by atoms with Crippen LogP contribution in [0.2, 0.25) is 6.32 Å². The van der Waals surface area contributed by atoms with Crippen molar-refractivity contribution in [1.82, 2.24) is 25.3 Å². The summed E-state index contributed by atoms with van der Waals surface area (Å²) in [5.41, 5.74) is 2.87. The van der Waals surface area contributed by atoms with Crippen LogP contribution in [0.5, 0.6) is 0 Å². The van der Waals surface area contributed by atoms with Crippen molar-refractivity contribution in [2.45, 2.75) is 39.1 Å². The molecule has 0 fully saturated rings. The van der Waals surface area contributed by atoms with Crippen molar-refractivity contribution >= 4 is 25.6 Å². The van der Waals surface area contributed by atoms with Crippen LogP contribution in [0, 0.1) is 11.8 Å². The number of pyridine rings is 1. The van der Waals surface area contributed by atoms with E-state index < -0.39 is 11.7 Å². The van der Waals surface area contributed by atoms with Gasteiger partial charge in [-0.2, -0.15) is 4.98 Å². The summed E-state index contributed by atoms with van der Waals surface area (Å²) in [7, 11) is 1.99. The summed E-state index contributed by atoms with van der Waals surface area (Å²) in [6.07, 6.45) is 4.17. The van der Waals surface area contributed by atoms with E-state index in [-0.39, 0.29) is 0 Å². The molecule has 0 spiro atoms. The van der Waals surface area contributed by atoms with Crippen molar-refractivity contribution in [3.63, 3.8) is 0 Å². The zero-order chi connectivity index (χ0) is 23.7. The molecule has 0 aliphatic heterocycles. The molecule has 0 aliphatic rings. The van der Waals surface area contributed by atoms with Crippen LogP contribution in [0.25, 0.3) is 11.4 Å². The quantitative estimate of drug-likeness (QED) is 0.447. The highest BCUT2D eigenvalue weighted by molar-refractivity contribution is 6.10. The molecule has 1 aromatic carbocycles. The number of ether oxygens (including phenoxy) is 1. The molecule has 0 aliphatic carbocycles. The Hall–Kier alpha value is -3.93. The van der Waals surface area contributed by atoms with E-state index in [1.807, 2.05) is 65.0 Å². The third-order valence-electron chi connectivity index (χ3n) is 4.25. The normalized spacial score (nSPS) is 10.6. The lowest BCUT2D eigenvalue weighted by Crippen LogP contribution is -2.33. The third-order valence-corrected chi connectivity index (χ3v) is 4.25. The van der Waals surface area contributed by atoms with Gasteiger partial charge in [-0.25, -0.2) is 19.7 Å². The maximum absolute atomic E-state index is 11.8. The van der Waals surface area contributed by atoms with Gasteiger partial charge in [0.05, 0.1) is 0 Å². The lowest BCUT2D eigenvalue weighted by Gasteiger charge is -2.19. The van der Waals surface area contributed by atoms with Crippen LogP contribution in [-0.2, 0) is 11.2 Å². The molecule has 0 unspecified atom stereocenters. The first kappa shape index (κ1) is 23.7. The predicted octanol–water partition coefficient (Wildman–Crippen LogP) is 3.15. The number of rotatable bonds is 6. The minimum Gasteiger partial charge on any atom is -0.444 e. The van der Waals surface area contributed by atoms with Gasteiger partial charge in [0.2, 0.25) is 5.95 Å². The number of hydrogen-bond acceptors (Lipinski definition) is 7. The molecular formula is C24H27BN6O2. The molecule has 3 aromatic rings. The van der Waals surface area contributed by atoms with Crippen LogP contribution in [0.4, 0.5) is 16.4 Å². The number of amides is 1. The first-order chi connectivity index (χ1) is 15.8. The van der Waals surface area contributed by atoms with Crippen molar-refractivity contribution in [3.8, 4) is 23.2 Å². The summed E-state index contributed by atoms with van der Waals surface area (Å²) in [6.45, 7) is 5.98. The summed E-state index contributed by atoms with van der Waals surface area (Å²) in [4.78, 5) is 29.1. The summed E-state index contributed by atoms with van der Waals surface area (Å²) in [6, 6.07) is 11.6. The summed E-state index contributed by atoms with van der Waals surface area (Å²) >= 11 is 0. The first-order valence-corrected chi connectivity index (χ1v) is 10.8. The van der Waals surface area contributed by atoms with Gasteiger partial charge < -0.3 is 15.4 Å². The average molecular weight is 442 g/mol. The summed E-state index contributed by atoms with van der Waals surface area (Å²) < 4.78 is 5.26. The van der Waals surface area contributed by atoms with Crippen LogP contribution in [-0.4, -0.2) is 46.0 Å². The topological polar surface area (TPSA) is 102 Å². The maximum atomic E-state index is 11.8. The molecule has 2 N–H and O–H groups in total. The highest BCUT2D eigenvalue weighted by Crippen LogP contribution is 2.19. The van der Waals surface area contributed by atoms with E-state index in [2.05, 4.69) is 42.4 Å². The van der Waals surface area contributed by atoms with E-state index >= 15 is 0 Å². The zero-order valence-corrected chi connectivity index (χ0v) is 19.3. The number of aromatic nitrogens is 4. The molecule has 8 nitrogen and oxygen atoms in total. The molecular weight excluding hydrogens is 415 g/mol. The fourth-order valence-electron chi connectivity index (χ4n) is 2.87. The van der Waals surface area contributed by atoms with E-state index in [4.69, 9.17) is 4.74 Å². The van der Waals surface area contributed by atoms with Crippen LogP contribution < -0.4 is 10.6 Å². The number of anilines is 2. The van der Waals surface area contributed by atoms with Crippen molar-refractivity contribution in [1.29, 1.82) is 0 Å². The number of benzene rings is 1. The number of alkyl carbamates (subject to hydrolysis) is 1. The molecule has 168 valence electrons. The van der Waals surface area contributed by atoms with E-state index in [0.29, 0.717) is 30.4 Å². The minimum atomic E-state index is -0.516. The highest BCUT2D eigenvalue weighted by Gasteiger charge is 2.15. The third kappa shape index (κ3) is 7.93. The van der Waals surface area contributed by atoms with Gasteiger partial charge in [-0.1, -0.05) is 12.1 Å². The SMILES string of the molecule is BCC#Cc1cc(-c2ncnc(Nc3cccc(CCNC(=O)OC(C)(C)C)c3)n2)ccn1. The Labute approximate surface area is 195 Å². The lowest BCUT2D eigenvalue weighted by molar-refractivity contribution is 0.0528. The van der Waals surface area contributed by atoms with Crippen LogP contribution >= 0.6 is 0 Å². The number of nitrogens with zero attached hydrogens (tertiary/aromatic N) is 4. The smallest absolute Gasteiger partial charge is 0.407 e. The van der Waals surface area contributed by atoms with Crippen molar-refractivity contribution in [2.24, 2.45) is 0 Å². The largest absolute Gasteiger partial charge is 0.444 e. The zero-order valence-electron chi connectivity index (χ0n) is 19.3. The second-order valence-corrected chi connectivity index (χ2v) is 8.22. The molecule has 0 saturated heterocycles. The predicted molar refractivity (Wildman–Crippen MR) is 131 cm³/mol. The molecule has 0 bridgehead atoms. The molecule has 3 rings (SSSR count). The Bertz CT molecular complexity index is 1170. The molecule has 0 radical (unpaired) electrons. The van der Waals surface area contributed by atoms with E-state index in [1.54, 1.807) is 6.20 Å². The van der Waals surface area contributed by atoms with Gasteiger partial charge in [-0.3, -0.25) is 0 Å². The Morgan fingerprint density at radius 1 is 1.15 bits per heavy atom. The number of hydrogen-bond donors (Lipinski definition) is 2. The van der Waals surface area contributed by atoms with Crippen molar-refractivity contribution in [3.05, 3.63) is 60.2 Å². The Kier molecular flexibility index (Phi) is 7.98. The van der Waals surface area contributed by atoms with Crippen molar-refractivity contribution < 1.29 is 9.53 Å². The monoisotopic (exact) mass is 442 g/mol. The summed E-state index contributed by atoms with van der Waals surface area (Å²) in [5, 5.41) is 5.99. The molecule has 1 amide bonds. The number of carbonyl (C=O) groups excluding carboxylic acids is 1. The fraction of sp³-hybridized carbons (Fsp3) is 0.292. The lowest BCUT2D eigenvalue weighted by atomic mass is 10.1. The molecule has 2 heterocycles. The molecule has 33 heavy (non-hydrogen) atoms. The first-order valence-electron chi connectivity index (χ1n) is 10.8. The van der Waals surface area contributed by atoms with Gasteiger partial charge in [0.1, 0.15) is 25.5 Å². The fourth-order valence-corrected chi connectivity index (χ4v) is 2.87. The maximum Gasteiger partial charge on any atom is 0.407 e. The second kappa shape index (κ2) is 11.1. The molecule has 0 saturated carbocycles. The van der Waals surface area contributed by atoms with Gasteiger partial charge in [0, 0.05) is 24.0 Å². The average Bonchev–Trinajstić information content (AvgIpc) is 2.77. The molecule has 2 aromatic heterocycles. The number of nitrogens with one attached hydrogen (secondary N) is 2. The highest BCUT2D eigenvalue weighted by atomic mass is 16.6. The van der Waals surface area contributed by atoms with Gasteiger partial charge in [-0.05, 0) is 69.3 Å². The Balaban J connectivity index is 1.64. The second-order valence-electron chi connectivity index (χ2n) is 8.22.